The second-order valence-corrected chi connectivity index (χ2v) is 6.86. The number of likely N-dealkylation sites (tertiary alicyclic amines) is 1. The van der Waals surface area contributed by atoms with Gasteiger partial charge in [0.25, 0.3) is 5.91 Å². The van der Waals surface area contributed by atoms with Gasteiger partial charge in [0.2, 0.25) is 3.79 Å². The van der Waals surface area contributed by atoms with Crippen molar-refractivity contribution < 1.29 is 9.21 Å². The van der Waals surface area contributed by atoms with E-state index in [2.05, 4.69) is 5.32 Å². The molecule has 1 fully saturated rings. The van der Waals surface area contributed by atoms with E-state index in [1.807, 2.05) is 4.90 Å². The molecule has 1 saturated heterocycles. The van der Waals surface area contributed by atoms with Crippen LogP contribution in [0.15, 0.2) is 22.8 Å². The molecule has 0 unspecified atom stereocenters. The summed E-state index contributed by atoms with van der Waals surface area (Å²) in [6, 6.07) is 3.21. The second kappa shape index (κ2) is 6.35. The molecular formula is C12H15Cl3N2O2. The van der Waals surface area contributed by atoms with Crippen LogP contribution in [0.4, 0.5) is 0 Å². The predicted octanol–water partition coefficient (Wildman–Crippen LogP) is 3.19. The third kappa shape index (κ3) is 4.02. The fourth-order valence-electron chi connectivity index (χ4n) is 2.16. The normalized spacial score (nSPS) is 19.1. The lowest BCUT2D eigenvalue weighted by Gasteiger charge is -2.38. The standard InChI is InChI=1S/C12H15Cl3N2O2/c13-12(14,15)11(17-6-2-1-3-7-17)16-10(18)9-5-4-8-19-9/h4-5,8,11H,1-3,6-7H2,(H,16,18)/t11-/m0/s1. The quantitative estimate of drug-likeness (QED) is 0.868. The van der Waals surface area contributed by atoms with Gasteiger partial charge in [-0.05, 0) is 25.0 Å². The van der Waals surface area contributed by atoms with Gasteiger partial charge in [0, 0.05) is 13.1 Å². The predicted molar refractivity (Wildman–Crippen MR) is 75.7 cm³/mol. The molecule has 106 valence electrons. The van der Waals surface area contributed by atoms with Crippen molar-refractivity contribution in [1.29, 1.82) is 0 Å². The Morgan fingerprint density at radius 1 is 1.32 bits per heavy atom. The lowest BCUT2D eigenvalue weighted by Crippen LogP contribution is -2.56. The molecule has 1 atom stereocenters. The molecule has 1 aromatic rings. The molecule has 1 amide bonds. The van der Waals surface area contributed by atoms with Crippen molar-refractivity contribution in [2.24, 2.45) is 0 Å². The third-order valence-electron chi connectivity index (χ3n) is 3.08. The highest BCUT2D eigenvalue weighted by molar-refractivity contribution is 6.68. The monoisotopic (exact) mass is 324 g/mol. The maximum Gasteiger partial charge on any atom is 0.288 e. The van der Waals surface area contributed by atoms with Crippen LogP contribution in [0.2, 0.25) is 0 Å². The van der Waals surface area contributed by atoms with Crippen molar-refractivity contribution in [1.82, 2.24) is 10.2 Å². The van der Waals surface area contributed by atoms with Gasteiger partial charge in [-0.3, -0.25) is 9.69 Å². The lowest BCUT2D eigenvalue weighted by atomic mass is 10.1. The summed E-state index contributed by atoms with van der Waals surface area (Å²) in [6.07, 6.45) is 4.01. The second-order valence-electron chi connectivity index (χ2n) is 4.49. The minimum Gasteiger partial charge on any atom is -0.459 e. The van der Waals surface area contributed by atoms with Gasteiger partial charge in [-0.2, -0.15) is 0 Å². The van der Waals surface area contributed by atoms with Crippen LogP contribution in [0, 0.1) is 0 Å². The van der Waals surface area contributed by atoms with Crippen LogP contribution in [0.25, 0.3) is 0 Å². The summed E-state index contributed by atoms with van der Waals surface area (Å²) < 4.78 is 3.45. The first-order chi connectivity index (χ1) is 8.98. The average molecular weight is 326 g/mol. The van der Waals surface area contributed by atoms with Gasteiger partial charge in [-0.1, -0.05) is 41.2 Å². The molecule has 0 spiro atoms. The van der Waals surface area contributed by atoms with Crippen LogP contribution < -0.4 is 5.32 Å². The first kappa shape index (κ1) is 15.0. The number of furan rings is 1. The summed E-state index contributed by atoms with van der Waals surface area (Å²) in [5.74, 6) is -0.178. The maximum atomic E-state index is 12.0. The summed E-state index contributed by atoms with van der Waals surface area (Å²) >= 11 is 17.9. The Morgan fingerprint density at radius 2 is 2.00 bits per heavy atom. The number of rotatable bonds is 3. The molecule has 4 nitrogen and oxygen atoms in total. The average Bonchev–Trinajstić information content (AvgIpc) is 2.89. The highest BCUT2D eigenvalue weighted by atomic mass is 35.6. The van der Waals surface area contributed by atoms with Crippen molar-refractivity contribution in [3.8, 4) is 0 Å². The number of piperidine rings is 1. The van der Waals surface area contributed by atoms with Crippen LogP contribution in [0.1, 0.15) is 29.8 Å². The SMILES string of the molecule is O=C(N[C@@H](N1CCCCC1)C(Cl)(Cl)Cl)c1ccco1. The van der Waals surface area contributed by atoms with E-state index in [0.717, 1.165) is 32.4 Å². The van der Waals surface area contributed by atoms with Crippen molar-refractivity contribution in [3.05, 3.63) is 24.2 Å². The number of nitrogens with one attached hydrogen (secondary N) is 1. The Bertz CT molecular complexity index is 411. The van der Waals surface area contributed by atoms with E-state index in [4.69, 9.17) is 39.2 Å². The number of carbonyl (C=O) groups excluding carboxylic acids is 1. The van der Waals surface area contributed by atoms with Gasteiger partial charge < -0.3 is 9.73 Å². The topological polar surface area (TPSA) is 45.5 Å². The Hall–Kier alpha value is -0.420. The Kier molecular flexibility index (Phi) is 5.01. The molecule has 0 saturated carbocycles. The number of carbonyl (C=O) groups is 1. The van der Waals surface area contributed by atoms with Gasteiger partial charge in [0.15, 0.2) is 5.76 Å². The highest BCUT2D eigenvalue weighted by Gasteiger charge is 2.39. The smallest absolute Gasteiger partial charge is 0.288 e. The van der Waals surface area contributed by atoms with Crippen molar-refractivity contribution >= 4 is 40.7 Å². The van der Waals surface area contributed by atoms with Gasteiger partial charge in [-0.15, -0.1) is 0 Å². The van der Waals surface area contributed by atoms with Gasteiger partial charge in [0.05, 0.1) is 6.26 Å². The lowest BCUT2D eigenvalue weighted by molar-refractivity contribution is 0.0792. The van der Waals surface area contributed by atoms with Crippen LogP contribution in [0.3, 0.4) is 0 Å². The van der Waals surface area contributed by atoms with E-state index < -0.39 is 9.96 Å². The molecule has 2 heterocycles. The molecule has 0 aliphatic carbocycles. The number of amides is 1. The number of halogens is 3. The van der Waals surface area contributed by atoms with Gasteiger partial charge >= 0.3 is 0 Å². The Balaban J connectivity index is 2.07. The molecule has 2 rings (SSSR count). The van der Waals surface area contributed by atoms with Crippen LogP contribution in [-0.2, 0) is 0 Å². The zero-order valence-corrected chi connectivity index (χ0v) is 12.5. The molecule has 1 N–H and O–H groups in total. The minimum atomic E-state index is -1.58. The molecule has 1 aliphatic heterocycles. The van der Waals surface area contributed by atoms with E-state index >= 15 is 0 Å². The van der Waals surface area contributed by atoms with Crippen molar-refractivity contribution in [3.63, 3.8) is 0 Å². The summed E-state index contributed by atoms with van der Waals surface area (Å²) in [6.45, 7) is 1.61. The van der Waals surface area contributed by atoms with E-state index in [9.17, 15) is 4.79 Å². The third-order valence-corrected chi connectivity index (χ3v) is 3.70. The highest BCUT2D eigenvalue weighted by Crippen LogP contribution is 2.33. The number of alkyl halides is 3. The fraction of sp³-hybridized carbons (Fsp3) is 0.583. The van der Waals surface area contributed by atoms with E-state index in [0.29, 0.717) is 0 Å². The maximum absolute atomic E-state index is 12.0. The largest absolute Gasteiger partial charge is 0.459 e. The van der Waals surface area contributed by atoms with Crippen molar-refractivity contribution in [2.45, 2.75) is 29.2 Å². The number of hydrogen-bond donors (Lipinski definition) is 1. The summed E-state index contributed by atoms with van der Waals surface area (Å²) in [7, 11) is 0. The van der Waals surface area contributed by atoms with Gasteiger partial charge in [-0.25, -0.2) is 0 Å². The Labute approximate surface area is 127 Å². The van der Waals surface area contributed by atoms with E-state index in [1.165, 1.54) is 6.26 Å². The molecule has 0 radical (unpaired) electrons. The molecule has 0 bridgehead atoms. The first-order valence-electron chi connectivity index (χ1n) is 6.13. The molecule has 1 aliphatic rings. The Morgan fingerprint density at radius 3 is 2.53 bits per heavy atom. The molecule has 0 aromatic carbocycles. The molecule has 7 heteroatoms. The van der Waals surface area contributed by atoms with E-state index in [-0.39, 0.29) is 11.7 Å². The summed E-state index contributed by atoms with van der Waals surface area (Å²) in [5.41, 5.74) is 0. The van der Waals surface area contributed by atoms with Crippen LogP contribution in [0.5, 0.6) is 0 Å². The molecular weight excluding hydrogens is 311 g/mol. The molecule has 19 heavy (non-hydrogen) atoms. The zero-order chi connectivity index (χ0) is 13.9. The number of nitrogens with zero attached hydrogens (tertiary/aromatic N) is 1. The van der Waals surface area contributed by atoms with Crippen molar-refractivity contribution in [2.75, 3.05) is 13.1 Å². The minimum absolute atomic E-state index is 0.205. The number of hydrogen-bond acceptors (Lipinski definition) is 3. The van der Waals surface area contributed by atoms with E-state index in [1.54, 1.807) is 12.1 Å². The summed E-state index contributed by atoms with van der Waals surface area (Å²) in [4.78, 5) is 14.0. The van der Waals surface area contributed by atoms with Crippen LogP contribution in [-0.4, -0.2) is 33.9 Å². The first-order valence-corrected chi connectivity index (χ1v) is 7.27. The van der Waals surface area contributed by atoms with Gasteiger partial charge in [0.1, 0.15) is 6.17 Å². The zero-order valence-electron chi connectivity index (χ0n) is 10.2. The van der Waals surface area contributed by atoms with Crippen LogP contribution >= 0.6 is 34.8 Å². The molecule has 1 aromatic heterocycles. The summed E-state index contributed by atoms with van der Waals surface area (Å²) in [5, 5.41) is 2.73. The fourth-order valence-corrected chi connectivity index (χ4v) is 2.74.